The predicted octanol–water partition coefficient (Wildman–Crippen LogP) is 3.93. The maximum Gasteiger partial charge on any atom is 0.322 e. The second-order valence-corrected chi connectivity index (χ2v) is 7.16. The highest BCUT2D eigenvalue weighted by atomic mass is 16.5. The molecule has 0 saturated heterocycles. The summed E-state index contributed by atoms with van der Waals surface area (Å²) >= 11 is 0. The molecule has 0 aliphatic heterocycles. The summed E-state index contributed by atoms with van der Waals surface area (Å²) in [5, 5.41) is 6.86. The van der Waals surface area contributed by atoms with Gasteiger partial charge < -0.3 is 19.5 Å². The van der Waals surface area contributed by atoms with Crippen molar-refractivity contribution >= 4 is 11.7 Å². The van der Waals surface area contributed by atoms with Gasteiger partial charge in [-0.25, -0.2) is 4.79 Å². The van der Waals surface area contributed by atoms with Gasteiger partial charge in [0.1, 0.15) is 12.3 Å². The molecule has 4 rings (SSSR count). The lowest BCUT2D eigenvalue weighted by Crippen LogP contribution is -2.31. The van der Waals surface area contributed by atoms with Crippen LogP contribution in [0.4, 0.5) is 10.5 Å². The van der Waals surface area contributed by atoms with E-state index in [4.69, 9.17) is 9.26 Å². The van der Waals surface area contributed by atoms with Crippen LogP contribution in [-0.2, 0) is 6.54 Å². The Bertz CT molecular complexity index is 766. The number of hydrogen-bond donors (Lipinski definition) is 1. The lowest BCUT2D eigenvalue weighted by atomic mass is 10.2. The van der Waals surface area contributed by atoms with Crippen LogP contribution in [0.25, 0.3) is 0 Å². The van der Waals surface area contributed by atoms with Gasteiger partial charge >= 0.3 is 6.03 Å². The Morgan fingerprint density at radius 1 is 1.31 bits per heavy atom. The molecule has 2 aromatic rings. The van der Waals surface area contributed by atoms with E-state index < -0.39 is 0 Å². The van der Waals surface area contributed by atoms with Gasteiger partial charge in [0.05, 0.1) is 6.10 Å². The number of hydrogen-bond acceptors (Lipinski definition) is 5. The maximum atomic E-state index is 12.4. The molecule has 0 bridgehead atoms. The van der Waals surface area contributed by atoms with Crippen molar-refractivity contribution in [2.75, 3.05) is 12.4 Å². The highest BCUT2D eigenvalue weighted by molar-refractivity contribution is 5.89. The molecule has 2 aliphatic rings. The molecular weight excluding hydrogens is 332 g/mol. The number of aromatic nitrogens is 2. The molecule has 1 aromatic heterocycles. The van der Waals surface area contributed by atoms with Gasteiger partial charge in [0, 0.05) is 24.7 Å². The summed E-state index contributed by atoms with van der Waals surface area (Å²) in [6.07, 6.45) is 7.19. The first-order valence-electron chi connectivity index (χ1n) is 9.29. The smallest absolute Gasteiger partial charge is 0.322 e. The fraction of sp³-hybridized carbons (Fsp3) is 0.526. The van der Waals surface area contributed by atoms with E-state index in [-0.39, 0.29) is 12.6 Å². The van der Waals surface area contributed by atoms with E-state index in [0.717, 1.165) is 37.3 Å². The van der Waals surface area contributed by atoms with Crippen LogP contribution in [0, 0.1) is 0 Å². The molecule has 0 atom stereocenters. The molecule has 0 radical (unpaired) electrons. The third-order valence-electron chi connectivity index (χ3n) is 4.84. The van der Waals surface area contributed by atoms with Crippen molar-refractivity contribution in [1.82, 2.24) is 15.0 Å². The number of carbonyl (C=O) groups excluding carboxylic acids is 1. The van der Waals surface area contributed by atoms with Gasteiger partial charge in [-0.3, -0.25) is 0 Å². The first kappa shape index (κ1) is 16.9. The van der Waals surface area contributed by atoms with Crippen LogP contribution >= 0.6 is 0 Å². The van der Waals surface area contributed by atoms with Crippen LogP contribution in [0.5, 0.6) is 5.75 Å². The topological polar surface area (TPSA) is 80.5 Å². The number of rotatable bonds is 6. The summed E-state index contributed by atoms with van der Waals surface area (Å²) in [6, 6.07) is 7.30. The largest absolute Gasteiger partial charge is 0.490 e. The summed E-state index contributed by atoms with van der Waals surface area (Å²) in [5.41, 5.74) is 0.710. The minimum Gasteiger partial charge on any atom is -0.490 e. The number of carbonyl (C=O) groups is 1. The first-order chi connectivity index (χ1) is 12.7. The zero-order valence-corrected chi connectivity index (χ0v) is 15.0. The van der Waals surface area contributed by atoms with Gasteiger partial charge in [-0.2, -0.15) is 4.98 Å². The van der Waals surface area contributed by atoms with Crippen LogP contribution in [0.1, 0.15) is 56.2 Å². The highest BCUT2D eigenvalue weighted by Gasteiger charge is 2.29. The Hall–Kier alpha value is -2.57. The molecule has 1 aromatic carbocycles. The number of amides is 2. The lowest BCUT2D eigenvalue weighted by molar-refractivity contribution is 0.210. The summed E-state index contributed by atoms with van der Waals surface area (Å²) < 4.78 is 11.2. The summed E-state index contributed by atoms with van der Waals surface area (Å²) in [7, 11) is 1.70. The van der Waals surface area contributed by atoms with Gasteiger partial charge in [0.15, 0.2) is 5.82 Å². The second-order valence-electron chi connectivity index (χ2n) is 7.16. The van der Waals surface area contributed by atoms with Crippen molar-refractivity contribution in [2.24, 2.45) is 0 Å². The second kappa shape index (κ2) is 7.35. The molecule has 2 saturated carbocycles. The van der Waals surface area contributed by atoms with Gasteiger partial charge in [-0.15, -0.1) is 0 Å². The molecule has 1 N–H and O–H groups in total. The SMILES string of the molecule is CN(Cc1nc(C2CC2)no1)C(=O)Nc1cccc(OC2CCCC2)c1. The maximum absolute atomic E-state index is 12.4. The van der Waals surface area contributed by atoms with Gasteiger partial charge in [-0.1, -0.05) is 11.2 Å². The third kappa shape index (κ3) is 4.15. The van der Waals surface area contributed by atoms with Crippen molar-refractivity contribution < 1.29 is 14.1 Å². The number of urea groups is 1. The van der Waals surface area contributed by atoms with E-state index in [1.54, 1.807) is 7.05 Å². The monoisotopic (exact) mass is 356 g/mol. The van der Waals surface area contributed by atoms with Gasteiger partial charge in [0.25, 0.3) is 0 Å². The Morgan fingerprint density at radius 2 is 2.12 bits per heavy atom. The van der Waals surface area contributed by atoms with Crippen LogP contribution in [0.15, 0.2) is 28.8 Å². The van der Waals surface area contributed by atoms with E-state index in [0.29, 0.717) is 23.6 Å². The first-order valence-corrected chi connectivity index (χ1v) is 9.29. The molecule has 7 nitrogen and oxygen atoms in total. The summed E-state index contributed by atoms with van der Waals surface area (Å²) in [5.74, 6) is 2.45. The normalized spacial score (nSPS) is 17.3. The average molecular weight is 356 g/mol. The molecule has 2 fully saturated rings. The van der Waals surface area contributed by atoms with Crippen molar-refractivity contribution in [3.8, 4) is 5.75 Å². The molecular formula is C19H24N4O3. The Labute approximate surface area is 152 Å². The van der Waals surface area contributed by atoms with Crippen LogP contribution < -0.4 is 10.1 Å². The summed E-state index contributed by atoms with van der Waals surface area (Å²) in [6.45, 7) is 0.282. The van der Waals surface area contributed by atoms with Gasteiger partial charge in [-0.05, 0) is 50.7 Å². The van der Waals surface area contributed by atoms with Crippen molar-refractivity contribution in [3.63, 3.8) is 0 Å². The quantitative estimate of drug-likeness (QED) is 0.848. The van der Waals surface area contributed by atoms with E-state index >= 15 is 0 Å². The minimum absolute atomic E-state index is 0.228. The molecule has 1 heterocycles. The summed E-state index contributed by atoms with van der Waals surface area (Å²) in [4.78, 5) is 18.3. The average Bonchev–Trinajstić information content (AvgIpc) is 3.15. The molecule has 2 amide bonds. The Balaban J connectivity index is 1.32. The minimum atomic E-state index is -0.228. The van der Waals surface area contributed by atoms with E-state index in [2.05, 4.69) is 15.5 Å². The van der Waals surface area contributed by atoms with Crippen molar-refractivity contribution in [3.05, 3.63) is 36.0 Å². The van der Waals surface area contributed by atoms with Crippen LogP contribution in [-0.4, -0.2) is 34.2 Å². The molecule has 138 valence electrons. The molecule has 7 heteroatoms. The fourth-order valence-electron chi connectivity index (χ4n) is 3.18. The number of benzene rings is 1. The lowest BCUT2D eigenvalue weighted by Gasteiger charge is -2.17. The fourth-order valence-corrected chi connectivity index (χ4v) is 3.18. The molecule has 0 unspecified atom stereocenters. The van der Waals surface area contributed by atoms with E-state index in [1.165, 1.54) is 17.7 Å². The molecule has 26 heavy (non-hydrogen) atoms. The van der Waals surface area contributed by atoms with E-state index in [1.807, 2.05) is 24.3 Å². The van der Waals surface area contributed by atoms with Crippen LogP contribution in [0.3, 0.4) is 0 Å². The molecule has 2 aliphatic carbocycles. The zero-order valence-electron chi connectivity index (χ0n) is 15.0. The third-order valence-corrected chi connectivity index (χ3v) is 4.84. The van der Waals surface area contributed by atoms with Crippen molar-refractivity contribution in [2.45, 2.75) is 57.1 Å². The van der Waals surface area contributed by atoms with Crippen molar-refractivity contribution in [1.29, 1.82) is 0 Å². The number of ether oxygens (including phenoxy) is 1. The van der Waals surface area contributed by atoms with Crippen LogP contribution in [0.2, 0.25) is 0 Å². The molecule has 0 spiro atoms. The van der Waals surface area contributed by atoms with E-state index in [9.17, 15) is 4.79 Å². The number of anilines is 1. The highest BCUT2D eigenvalue weighted by Crippen LogP contribution is 2.38. The number of nitrogens with one attached hydrogen (secondary N) is 1. The Morgan fingerprint density at radius 3 is 2.88 bits per heavy atom. The zero-order chi connectivity index (χ0) is 17.9. The standard InChI is InChI=1S/C19H24N4O3/c1-23(12-17-21-18(22-26-17)13-9-10-13)19(24)20-14-5-4-8-16(11-14)25-15-6-2-3-7-15/h4-5,8,11,13,15H,2-3,6-7,9-10,12H2,1H3,(H,20,24). The predicted molar refractivity (Wildman–Crippen MR) is 96.1 cm³/mol. The Kier molecular flexibility index (Phi) is 4.77. The van der Waals surface area contributed by atoms with Gasteiger partial charge in [0.2, 0.25) is 5.89 Å². The number of nitrogens with zero attached hydrogens (tertiary/aromatic N) is 3.